The van der Waals surface area contributed by atoms with Crippen molar-refractivity contribution in [2.24, 2.45) is 0 Å². The van der Waals surface area contributed by atoms with E-state index in [0.29, 0.717) is 10.0 Å². The van der Waals surface area contributed by atoms with Crippen LogP contribution in [0.2, 0.25) is 10.0 Å². The molecule has 44 heavy (non-hydrogen) atoms. The fraction of sp³-hybridized carbons (Fsp3) is 0.250. The van der Waals surface area contributed by atoms with Crippen molar-refractivity contribution >= 4 is 78.1 Å². The lowest BCUT2D eigenvalue weighted by Gasteiger charge is -2.22. The van der Waals surface area contributed by atoms with Crippen LogP contribution < -0.4 is 19.2 Å². The predicted octanol–water partition coefficient (Wildman–Crippen LogP) is 7.38. The second kappa shape index (κ2) is 14.2. The van der Waals surface area contributed by atoms with Gasteiger partial charge in [0.05, 0.1) is 33.2 Å². The smallest absolute Gasteiger partial charge is 0.153 e. The molecule has 2 N–H and O–H groups in total. The minimum Gasteiger partial charge on any atom is -0.305 e. The summed E-state index contributed by atoms with van der Waals surface area (Å²) in [4.78, 5) is 1.47. The van der Waals surface area contributed by atoms with Gasteiger partial charge in [0.15, 0.2) is 22.0 Å². The average Bonchev–Trinajstić information content (AvgIpc) is 3.18. The van der Waals surface area contributed by atoms with Gasteiger partial charge in [-0.1, -0.05) is 93.3 Å². The lowest BCUT2D eigenvalue weighted by molar-refractivity contribution is 0.626. The molecule has 0 saturated carbocycles. The number of rotatable bonds is 9. The van der Waals surface area contributed by atoms with Gasteiger partial charge in [-0.15, -0.1) is 0 Å². The molecule has 230 valence electrons. The predicted molar refractivity (Wildman–Crippen MR) is 190 cm³/mol. The number of anilines is 2. The van der Waals surface area contributed by atoms with Crippen molar-refractivity contribution in [3.05, 3.63) is 117 Å². The molecule has 6 nitrogen and oxygen atoms in total. The van der Waals surface area contributed by atoms with Gasteiger partial charge < -0.3 is 10.6 Å². The van der Waals surface area contributed by atoms with Gasteiger partial charge >= 0.3 is 0 Å². The number of nitrogens with one attached hydrogen (secondary N) is 2. The zero-order chi connectivity index (χ0) is 30.8. The van der Waals surface area contributed by atoms with E-state index in [1.807, 2.05) is 117 Å². The van der Waals surface area contributed by atoms with Crippen LogP contribution in [-0.2, 0) is 22.0 Å². The van der Waals surface area contributed by atoms with E-state index < -0.39 is 22.0 Å². The number of para-hydroxylation sites is 2. The number of nitrogens with zero attached hydrogens (tertiary/aromatic N) is 2. The average molecular weight is 704 g/mol. The van der Waals surface area contributed by atoms with Gasteiger partial charge in [-0.2, -0.15) is 0 Å². The summed E-state index contributed by atoms with van der Waals surface area (Å²) < 4.78 is 30.4. The van der Waals surface area contributed by atoms with Gasteiger partial charge in [-0.3, -0.25) is 8.61 Å². The molecule has 0 spiro atoms. The Hall–Kier alpha value is -2.02. The highest BCUT2D eigenvalue weighted by Crippen LogP contribution is 2.41. The molecule has 4 unspecified atom stereocenters. The van der Waals surface area contributed by atoms with Gasteiger partial charge in [-0.05, 0) is 58.7 Å². The molecule has 0 bridgehead atoms. The summed E-state index contributed by atoms with van der Waals surface area (Å²) >= 11 is 12.6. The maximum Gasteiger partial charge on any atom is 0.153 e. The third-order valence-corrected chi connectivity index (χ3v) is 13.5. The minimum atomic E-state index is -1.35. The van der Waals surface area contributed by atoms with E-state index in [4.69, 9.17) is 23.2 Å². The first-order valence-corrected chi connectivity index (χ1v) is 19.6. The van der Waals surface area contributed by atoms with Gasteiger partial charge in [-0.25, -0.2) is 8.42 Å². The Morgan fingerprint density at radius 3 is 1.48 bits per heavy atom. The van der Waals surface area contributed by atoms with E-state index >= 15 is 0 Å². The molecule has 0 saturated heterocycles. The zero-order valence-electron chi connectivity index (χ0n) is 24.2. The third kappa shape index (κ3) is 6.46. The van der Waals surface area contributed by atoms with Gasteiger partial charge in [0.2, 0.25) is 0 Å². The molecule has 0 aromatic heterocycles. The summed E-state index contributed by atoms with van der Waals surface area (Å²) in [7, 11) is 4.67. The summed E-state index contributed by atoms with van der Waals surface area (Å²) in [6, 6.07) is 27.4. The van der Waals surface area contributed by atoms with Gasteiger partial charge in [0, 0.05) is 48.7 Å². The van der Waals surface area contributed by atoms with E-state index in [1.165, 1.54) is 0 Å². The first-order valence-electron chi connectivity index (χ1n) is 14.1. The van der Waals surface area contributed by atoms with Crippen LogP contribution in [0.15, 0.2) is 94.7 Å². The fourth-order valence-corrected chi connectivity index (χ4v) is 10.5. The second-order valence-electron chi connectivity index (χ2n) is 10.4. The minimum absolute atomic E-state index is 0.0906. The van der Waals surface area contributed by atoms with E-state index in [2.05, 4.69) is 22.8 Å². The maximum atomic E-state index is 13.4. The molecule has 2 heterocycles. The molecule has 2 aliphatic rings. The van der Waals surface area contributed by atoms with Crippen LogP contribution in [0, 0.1) is 0 Å². The van der Waals surface area contributed by atoms with Crippen molar-refractivity contribution in [2.75, 3.05) is 47.3 Å². The number of hydrogen-bond donors (Lipinski definition) is 2. The quantitative estimate of drug-likeness (QED) is 0.140. The normalized spacial score (nSPS) is 20.6. The summed E-state index contributed by atoms with van der Waals surface area (Å²) in [5, 5.41) is 8.60. The summed E-state index contributed by atoms with van der Waals surface area (Å²) in [6.07, 6.45) is 0. The Bertz CT molecular complexity index is 1600. The molecule has 0 fully saturated rings. The monoisotopic (exact) mass is 702 g/mol. The number of fused-ring (bicyclic) bond motifs is 4. The highest BCUT2D eigenvalue weighted by Gasteiger charge is 2.31. The first-order chi connectivity index (χ1) is 21.3. The van der Waals surface area contributed by atoms with Crippen LogP contribution in [0.4, 0.5) is 11.4 Å². The van der Waals surface area contributed by atoms with Crippen molar-refractivity contribution < 1.29 is 8.42 Å². The lowest BCUT2D eigenvalue weighted by atomic mass is 9.97. The molecule has 0 aliphatic carbocycles. The Morgan fingerprint density at radius 1 is 0.636 bits per heavy atom. The lowest BCUT2D eigenvalue weighted by Crippen LogP contribution is -2.26. The molecule has 2 aliphatic heterocycles. The summed E-state index contributed by atoms with van der Waals surface area (Å²) in [5.41, 5.74) is 6.07. The van der Waals surface area contributed by atoms with Crippen LogP contribution in [0.25, 0.3) is 0 Å². The van der Waals surface area contributed by atoms with Crippen LogP contribution in [0.1, 0.15) is 34.3 Å². The van der Waals surface area contributed by atoms with Crippen LogP contribution in [0.3, 0.4) is 0 Å². The molecule has 6 rings (SSSR count). The van der Waals surface area contributed by atoms with Crippen molar-refractivity contribution in [3.8, 4) is 0 Å². The van der Waals surface area contributed by atoms with Crippen molar-refractivity contribution in [1.82, 2.24) is 10.6 Å². The third-order valence-electron chi connectivity index (χ3n) is 7.77. The summed E-state index contributed by atoms with van der Waals surface area (Å²) in [5.74, 6) is 1.81. The molecule has 4 aromatic rings. The zero-order valence-corrected chi connectivity index (χ0v) is 28.9. The largest absolute Gasteiger partial charge is 0.305 e. The Balaban J connectivity index is 1.07. The SMILES string of the molecule is CN1c2ccccc2C(NCCSSCCNC2c3ccccc3N(C)S(=O)c3cc(Cl)ccc32)c2ccc(Cl)cc2S1=O. The van der Waals surface area contributed by atoms with Crippen molar-refractivity contribution in [1.29, 1.82) is 0 Å². The molecule has 4 aromatic carbocycles. The fourth-order valence-electron chi connectivity index (χ4n) is 5.69. The highest BCUT2D eigenvalue weighted by atomic mass is 35.5. The van der Waals surface area contributed by atoms with Crippen LogP contribution in [0.5, 0.6) is 0 Å². The van der Waals surface area contributed by atoms with E-state index in [-0.39, 0.29) is 12.1 Å². The van der Waals surface area contributed by atoms with Crippen molar-refractivity contribution in [3.63, 3.8) is 0 Å². The van der Waals surface area contributed by atoms with Gasteiger partial charge in [0.25, 0.3) is 0 Å². The maximum absolute atomic E-state index is 13.4. The molecule has 4 atom stereocenters. The Morgan fingerprint density at radius 2 is 1.05 bits per heavy atom. The Kier molecular flexibility index (Phi) is 10.3. The number of benzene rings is 4. The molecular formula is C32H32Cl2N4O2S4. The number of hydrogen-bond acceptors (Lipinski definition) is 6. The van der Waals surface area contributed by atoms with Crippen molar-refractivity contribution in [2.45, 2.75) is 21.9 Å². The number of halogens is 2. The van der Waals surface area contributed by atoms with E-state index in [9.17, 15) is 8.42 Å². The van der Waals surface area contributed by atoms with Crippen LogP contribution >= 0.6 is 44.8 Å². The summed E-state index contributed by atoms with van der Waals surface area (Å²) in [6.45, 7) is 1.57. The molecule has 0 amide bonds. The van der Waals surface area contributed by atoms with E-state index in [0.717, 1.165) is 68.0 Å². The topological polar surface area (TPSA) is 64.7 Å². The molecule has 0 radical (unpaired) electrons. The molecule has 12 heteroatoms. The van der Waals surface area contributed by atoms with Crippen LogP contribution in [-0.4, -0.2) is 47.1 Å². The standard InChI is InChI=1S/C32H32Cl2N4O2S4/c1-37-27-9-5-3-7-23(27)31(25-13-11-21(33)19-29(25)43(37)39)35-15-17-41-42-18-16-36-32-24-8-4-6-10-28(24)38(2)44(40)30-20-22(34)12-14-26(30)32/h3-14,19-20,31-32,35-36H,15-18H2,1-2H3. The first kappa shape index (κ1) is 31.9. The second-order valence-corrected chi connectivity index (χ2v) is 16.9. The highest BCUT2D eigenvalue weighted by molar-refractivity contribution is 8.76. The molecular weight excluding hydrogens is 672 g/mol. The van der Waals surface area contributed by atoms with E-state index in [1.54, 1.807) is 0 Å². The van der Waals surface area contributed by atoms with Gasteiger partial charge in [0.1, 0.15) is 0 Å². The Labute approximate surface area is 281 Å².